The van der Waals surface area contributed by atoms with Crippen LogP contribution in [0.1, 0.15) is 5.56 Å². The van der Waals surface area contributed by atoms with Crippen molar-refractivity contribution >= 4 is 11.2 Å². The zero-order chi connectivity index (χ0) is 13.7. The predicted octanol–water partition coefficient (Wildman–Crippen LogP) is -0.209. The van der Waals surface area contributed by atoms with E-state index in [9.17, 15) is 9.59 Å². The molecule has 96 valence electrons. The smallest absolute Gasteiger partial charge is 0.314 e. The van der Waals surface area contributed by atoms with Crippen molar-refractivity contribution in [3.63, 3.8) is 0 Å². The molecule has 0 saturated heterocycles. The first-order valence-corrected chi connectivity index (χ1v) is 5.32. The Balaban J connectivity index is 0.000000141. The Labute approximate surface area is 106 Å². The molecule has 2 N–H and O–H groups in total. The minimum Gasteiger partial charge on any atom is -0.314 e. The summed E-state index contributed by atoms with van der Waals surface area (Å²) in [5.74, 6) is 0. The zero-order valence-electron chi connectivity index (χ0n) is 9.99. The summed E-state index contributed by atoms with van der Waals surface area (Å²) in [4.78, 5) is 41.0. The Bertz CT molecular complexity index is 729. The number of hydrogen-bond donors (Lipinski definition) is 2. The van der Waals surface area contributed by atoms with Crippen LogP contribution in [0.2, 0.25) is 0 Å². The van der Waals surface area contributed by atoms with E-state index < -0.39 is 5.69 Å². The lowest BCUT2D eigenvalue weighted by Crippen LogP contribution is -2.22. The van der Waals surface area contributed by atoms with E-state index in [1.807, 2.05) is 0 Å². The van der Waals surface area contributed by atoms with Crippen LogP contribution >= 0.6 is 0 Å². The molecule has 0 fully saturated rings. The van der Waals surface area contributed by atoms with Gasteiger partial charge in [-0.15, -0.1) is 0 Å². The molecule has 0 aromatic carbocycles. The SMILES string of the molecule is Cc1c[nH]c(=O)[nH]c1=O.c1cnc2ncncc2n1. The van der Waals surface area contributed by atoms with Gasteiger partial charge in [0.25, 0.3) is 5.56 Å². The van der Waals surface area contributed by atoms with Gasteiger partial charge in [0.2, 0.25) is 0 Å². The molecule has 0 aliphatic carbocycles. The van der Waals surface area contributed by atoms with Gasteiger partial charge in [0.05, 0.1) is 6.20 Å². The second kappa shape index (κ2) is 5.63. The molecule has 0 saturated carbocycles. The minimum absolute atomic E-state index is 0.334. The highest BCUT2D eigenvalue weighted by atomic mass is 16.2. The summed E-state index contributed by atoms with van der Waals surface area (Å²) in [6.07, 6.45) is 7.69. The van der Waals surface area contributed by atoms with Crippen LogP contribution in [0, 0.1) is 6.92 Å². The summed E-state index contributed by atoms with van der Waals surface area (Å²) in [7, 11) is 0. The molecular weight excluding hydrogens is 248 g/mol. The minimum atomic E-state index is -0.467. The van der Waals surface area contributed by atoms with Gasteiger partial charge < -0.3 is 4.98 Å². The van der Waals surface area contributed by atoms with Gasteiger partial charge in [-0.1, -0.05) is 0 Å². The lowest BCUT2D eigenvalue weighted by atomic mass is 10.4. The molecular formula is C11H10N6O2. The molecule has 8 nitrogen and oxygen atoms in total. The third-order valence-electron chi connectivity index (χ3n) is 2.15. The summed E-state index contributed by atoms with van der Waals surface area (Å²) in [6, 6.07) is 0. The zero-order valence-corrected chi connectivity index (χ0v) is 9.99. The molecule has 0 unspecified atom stereocenters. The first-order valence-electron chi connectivity index (χ1n) is 5.32. The summed E-state index contributed by atoms with van der Waals surface area (Å²) >= 11 is 0. The third kappa shape index (κ3) is 3.28. The van der Waals surface area contributed by atoms with E-state index in [-0.39, 0.29) is 5.56 Å². The summed E-state index contributed by atoms with van der Waals surface area (Å²) in [5, 5.41) is 0. The largest absolute Gasteiger partial charge is 0.325 e. The highest BCUT2D eigenvalue weighted by molar-refractivity contribution is 5.66. The molecule has 0 atom stereocenters. The van der Waals surface area contributed by atoms with Crippen LogP contribution in [-0.2, 0) is 0 Å². The molecule has 3 heterocycles. The quantitative estimate of drug-likeness (QED) is 0.576. The van der Waals surface area contributed by atoms with E-state index >= 15 is 0 Å². The van der Waals surface area contributed by atoms with Crippen LogP contribution in [-0.4, -0.2) is 29.9 Å². The van der Waals surface area contributed by atoms with Crippen molar-refractivity contribution in [2.75, 3.05) is 0 Å². The van der Waals surface area contributed by atoms with Crippen molar-refractivity contribution in [2.45, 2.75) is 6.92 Å². The van der Waals surface area contributed by atoms with Gasteiger partial charge in [-0.2, -0.15) is 0 Å². The number of rotatable bonds is 0. The van der Waals surface area contributed by atoms with Crippen molar-refractivity contribution in [1.82, 2.24) is 29.9 Å². The number of aromatic nitrogens is 6. The molecule has 0 aliphatic heterocycles. The second-order valence-electron chi connectivity index (χ2n) is 3.54. The standard InChI is InChI=1S/C6H4N4.C5H6N2O2/c1-2-9-6-5(8-1)3-7-4-10-6;1-3-2-6-5(9)7-4(3)8/h1-4H;2H,1H3,(H2,6,7,8,9). The summed E-state index contributed by atoms with van der Waals surface area (Å²) in [5.41, 5.74) is 1.07. The van der Waals surface area contributed by atoms with Crippen molar-refractivity contribution in [2.24, 2.45) is 0 Å². The number of hydrogen-bond acceptors (Lipinski definition) is 6. The molecule has 3 aromatic rings. The van der Waals surface area contributed by atoms with Crippen LogP contribution in [0.5, 0.6) is 0 Å². The van der Waals surface area contributed by atoms with Gasteiger partial charge in [-0.25, -0.2) is 24.7 Å². The van der Waals surface area contributed by atoms with Crippen LogP contribution in [0.3, 0.4) is 0 Å². The average molecular weight is 258 g/mol. The number of nitrogens with one attached hydrogen (secondary N) is 2. The van der Waals surface area contributed by atoms with Gasteiger partial charge in [-0.3, -0.25) is 9.78 Å². The van der Waals surface area contributed by atoms with Crippen molar-refractivity contribution in [3.8, 4) is 0 Å². The van der Waals surface area contributed by atoms with Gasteiger partial charge in [0.1, 0.15) is 11.8 Å². The van der Waals surface area contributed by atoms with E-state index in [4.69, 9.17) is 0 Å². The fraction of sp³-hybridized carbons (Fsp3) is 0.0909. The molecule has 8 heteroatoms. The molecule has 0 amide bonds. The maximum absolute atomic E-state index is 10.6. The second-order valence-corrected chi connectivity index (χ2v) is 3.54. The lowest BCUT2D eigenvalue weighted by molar-refractivity contribution is 1.01. The summed E-state index contributed by atoms with van der Waals surface area (Å²) in [6.45, 7) is 1.62. The Morgan fingerprint density at radius 3 is 2.58 bits per heavy atom. The lowest BCUT2D eigenvalue weighted by Gasteiger charge is -1.89. The molecule has 3 rings (SSSR count). The maximum atomic E-state index is 10.6. The molecule has 0 aliphatic rings. The number of aromatic amines is 2. The predicted molar refractivity (Wildman–Crippen MR) is 67.5 cm³/mol. The van der Waals surface area contributed by atoms with E-state index in [0.717, 1.165) is 5.52 Å². The maximum Gasteiger partial charge on any atom is 0.325 e. The molecule has 0 spiro atoms. The van der Waals surface area contributed by atoms with Crippen LogP contribution < -0.4 is 11.2 Å². The Kier molecular flexibility index (Phi) is 3.72. The van der Waals surface area contributed by atoms with Crippen molar-refractivity contribution in [3.05, 3.63) is 57.5 Å². The van der Waals surface area contributed by atoms with E-state index in [1.54, 1.807) is 25.5 Å². The van der Waals surface area contributed by atoms with Crippen molar-refractivity contribution in [1.29, 1.82) is 0 Å². The monoisotopic (exact) mass is 258 g/mol. The number of H-pyrrole nitrogens is 2. The van der Waals surface area contributed by atoms with Gasteiger partial charge >= 0.3 is 5.69 Å². The molecule has 0 radical (unpaired) electrons. The molecule has 19 heavy (non-hydrogen) atoms. The van der Waals surface area contributed by atoms with E-state index in [0.29, 0.717) is 11.2 Å². The summed E-state index contributed by atoms with van der Waals surface area (Å²) < 4.78 is 0. The van der Waals surface area contributed by atoms with E-state index in [1.165, 1.54) is 12.5 Å². The third-order valence-corrected chi connectivity index (χ3v) is 2.15. The van der Waals surface area contributed by atoms with Gasteiger partial charge in [0.15, 0.2) is 5.65 Å². The van der Waals surface area contributed by atoms with Gasteiger partial charge in [0, 0.05) is 24.2 Å². The highest BCUT2D eigenvalue weighted by Gasteiger charge is 1.91. The Morgan fingerprint density at radius 1 is 1.11 bits per heavy atom. The van der Waals surface area contributed by atoms with Gasteiger partial charge in [-0.05, 0) is 6.92 Å². The Morgan fingerprint density at radius 2 is 1.89 bits per heavy atom. The highest BCUT2D eigenvalue weighted by Crippen LogP contribution is 1.98. The van der Waals surface area contributed by atoms with Crippen LogP contribution in [0.15, 0.2) is 40.7 Å². The Hall–Kier alpha value is -2.90. The number of nitrogens with zero attached hydrogens (tertiary/aromatic N) is 4. The first-order chi connectivity index (χ1) is 9.16. The van der Waals surface area contributed by atoms with E-state index in [2.05, 4.69) is 29.9 Å². The first kappa shape index (κ1) is 12.6. The molecule has 0 bridgehead atoms. The average Bonchev–Trinajstić information content (AvgIpc) is 2.44. The number of aryl methyl sites for hydroxylation is 1. The molecule has 3 aromatic heterocycles. The fourth-order valence-electron chi connectivity index (χ4n) is 1.20. The van der Waals surface area contributed by atoms with Crippen LogP contribution in [0.4, 0.5) is 0 Å². The number of fused-ring (bicyclic) bond motifs is 1. The van der Waals surface area contributed by atoms with Crippen molar-refractivity contribution < 1.29 is 0 Å². The van der Waals surface area contributed by atoms with Crippen LogP contribution in [0.25, 0.3) is 11.2 Å². The normalized spacial score (nSPS) is 9.74. The fourth-order valence-corrected chi connectivity index (χ4v) is 1.20. The topological polar surface area (TPSA) is 117 Å².